The topological polar surface area (TPSA) is 271 Å². The summed E-state index contributed by atoms with van der Waals surface area (Å²) in [6.45, 7) is 1.13. The average Bonchev–Trinajstić information content (AvgIpc) is 2.76. The molecule has 0 aliphatic rings. The molecule has 15 heteroatoms. The maximum Gasteiger partial charge on any atom is 0.328 e. The van der Waals surface area contributed by atoms with Crippen LogP contribution < -0.4 is 27.4 Å². The maximum absolute atomic E-state index is 12.9. The van der Waals surface area contributed by atoms with Crippen molar-refractivity contribution in [2.45, 2.75) is 56.5 Å². The highest BCUT2D eigenvalue weighted by molar-refractivity contribution is 5.96. The van der Waals surface area contributed by atoms with Crippen molar-refractivity contribution in [1.82, 2.24) is 16.0 Å². The number of carboxylic acids is 2. The number of aromatic hydroxyl groups is 1. The predicted molar refractivity (Wildman–Crippen MR) is 121 cm³/mol. The summed E-state index contributed by atoms with van der Waals surface area (Å²) in [5.74, 6) is -7.18. The number of phenolic OH excluding ortho intramolecular Hbond substituents is 1. The number of hydrogen-bond acceptors (Lipinski definition) is 9. The highest BCUT2D eigenvalue weighted by Crippen LogP contribution is 2.12. The van der Waals surface area contributed by atoms with Gasteiger partial charge in [-0.2, -0.15) is 0 Å². The van der Waals surface area contributed by atoms with Crippen LogP contribution in [0.3, 0.4) is 0 Å². The third-order valence-corrected chi connectivity index (χ3v) is 4.82. The SMILES string of the molecule is CC(O)C(NC(=O)C(Cc1ccc(O)cc1)NC(=O)C(CC(N)=O)NC(=O)C(N)CC(=O)O)C(=O)O. The van der Waals surface area contributed by atoms with Gasteiger partial charge in [0.15, 0.2) is 6.04 Å². The molecule has 4 amide bonds. The van der Waals surface area contributed by atoms with Crippen molar-refractivity contribution in [2.24, 2.45) is 11.5 Å². The highest BCUT2D eigenvalue weighted by atomic mass is 16.4. The summed E-state index contributed by atoms with van der Waals surface area (Å²) < 4.78 is 0. The Morgan fingerprint density at radius 1 is 0.861 bits per heavy atom. The van der Waals surface area contributed by atoms with Gasteiger partial charge >= 0.3 is 11.9 Å². The van der Waals surface area contributed by atoms with Crippen LogP contribution in [0, 0.1) is 0 Å². The summed E-state index contributed by atoms with van der Waals surface area (Å²) in [4.78, 5) is 71.5. The van der Waals surface area contributed by atoms with Crippen molar-refractivity contribution < 1.29 is 49.2 Å². The van der Waals surface area contributed by atoms with Gasteiger partial charge in [-0.25, -0.2) is 4.79 Å². The van der Waals surface area contributed by atoms with Gasteiger partial charge in [-0.05, 0) is 24.6 Å². The third kappa shape index (κ3) is 9.94. The van der Waals surface area contributed by atoms with Gasteiger partial charge in [0.1, 0.15) is 17.8 Å². The molecule has 0 aliphatic carbocycles. The van der Waals surface area contributed by atoms with Crippen molar-refractivity contribution in [3.05, 3.63) is 29.8 Å². The number of aliphatic carboxylic acids is 2. The summed E-state index contributed by atoms with van der Waals surface area (Å²) >= 11 is 0. The summed E-state index contributed by atoms with van der Waals surface area (Å²) in [7, 11) is 0. The van der Waals surface area contributed by atoms with E-state index in [1.165, 1.54) is 24.3 Å². The van der Waals surface area contributed by atoms with Gasteiger partial charge in [0.25, 0.3) is 0 Å². The number of rotatable bonds is 14. The van der Waals surface area contributed by atoms with Crippen LogP contribution in [0.15, 0.2) is 24.3 Å². The van der Waals surface area contributed by atoms with Gasteiger partial charge in [0.2, 0.25) is 23.6 Å². The maximum atomic E-state index is 12.9. The van der Waals surface area contributed by atoms with E-state index in [2.05, 4.69) is 16.0 Å². The molecule has 0 aliphatic heterocycles. The van der Waals surface area contributed by atoms with Crippen LogP contribution in [0.5, 0.6) is 5.75 Å². The molecule has 1 rings (SSSR count). The fraction of sp³-hybridized carbons (Fsp3) is 0.429. The third-order valence-electron chi connectivity index (χ3n) is 4.82. The number of carboxylic acid groups (broad SMARTS) is 2. The number of benzene rings is 1. The Balaban J connectivity index is 3.17. The molecule has 0 heterocycles. The highest BCUT2D eigenvalue weighted by Gasteiger charge is 2.32. The number of carbonyl (C=O) groups is 6. The van der Waals surface area contributed by atoms with Gasteiger partial charge < -0.3 is 47.8 Å². The van der Waals surface area contributed by atoms with Crippen molar-refractivity contribution in [1.29, 1.82) is 0 Å². The molecular weight excluding hydrogens is 482 g/mol. The minimum Gasteiger partial charge on any atom is -0.508 e. The number of nitrogens with two attached hydrogens (primary N) is 2. The molecule has 5 unspecified atom stereocenters. The number of hydrogen-bond donors (Lipinski definition) is 9. The molecule has 198 valence electrons. The Labute approximate surface area is 204 Å². The smallest absolute Gasteiger partial charge is 0.328 e. The van der Waals surface area contributed by atoms with Gasteiger partial charge in [-0.15, -0.1) is 0 Å². The number of phenols is 1. The van der Waals surface area contributed by atoms with Crippen LogP contribution in [0.25, 0.3) is 0 Å². The quantitative estimate of drug-likeness (QED) is 0.118. The zero-order valence-electron chi connectivity index (χ0n) is 19.2. The van der Waals surface area contributed by atoms with Crippen molar-refractivity contribution >= 4 is 35.6 Å². The van der Waals surface area contributed by atoms with Crippen molar-refractivity contribution in [3.63, 3.8) is 0 Å². The van der Waals surface area contributed by atoms with Crippen LogP contribution >= 0.6 is 0 Å². The number of carbonyl (C=O) groups excluding carboxylic acids is 4. The van der Waals surface area contributed by atoms with Crippen LogP contribution in [-0.2, 0) is 35.2 Å². The molecule has 0 fully saturated rings. The lowest BCUT2D eigenvalue weighted by Crippen LogP contribution is -2.59. The first-order chi connectivity index (χ1) is 16.7. The number of amides is 4. The van der Waals surface area contributed by atoms with Gasteiger partial charge in [0, 0.05) is 6.42 Å². The molecule has 0 saturated heterocycles. The molecule has 0 bridgehead atoms. The molecule has 0 spiro atoms. The average molecular weight is 511 g/mol. The van der Waals surface area contributed by atoms with E-state index in [0.717, 1.165) is 6.92 Å². The van der Waals surface area contributed by atoms with Gasteiger partial charge in [0.05, 0.1) is 25.0 Å². The predicted octanol–water partition coefficient (Wildman–Crippen LogP) is -3.47. The number of primary amides is 1. The van der Waals surface area contributed by atoms with Crippen LogP contribution in [0.4, 0.5) is 0 Å². The summed E-state index contributed by atoms with van der Waals surface area (Å²) in [5.41, 5.74) is 11.0. The zero-order valence-corrected chi connectivity index (χ0v) is 19.2. The second kappa shape index (κ2) is 13.6. The largest absolute Gasteiger partial charge is 0.508 e. The number of nitrogens with one attached hydrogen (secondary N) is 3. The van der Waals surface area contributed by atoms with Gasteiger partial charge in [-0.1, -0.05) is 12.1 Å². The van der Waals surface area contributed by atoms with E-state index in [9.17, 15) is 44.1 Å². The zero-order chi connectivity index (χ0) is 27.6. The molecule has 1 aromatic rings. The Hall–Kier alpha value is -4.24. The lowest BCUT2D eigenvalue weighted by atomic mass is 10.0. The molecule has 36 heavy (non-hydrogen) atoms. The molecular formula is C21H29N5O10. The Morgan fingerprint density at radius 2 is 1.39 bits per heavy atom. The van der Waals surface area contributed by atoms with E-state index < -0.39 is 78.7 Å². The van der Waals surface area contributed by atoms with Gasteiger partial charge in [-0.3, -0.25) is 24.0 Å². The minimum absolute atomic E-state index is 0.0780. The van der Waals surface area contributed by atoms with Crippen LogP contribution in [0.2, 0.25) is 0 Å². The second-order valence-corrected chi connectivity index (χ2v) is 7.93. The molecule has 5 atom stereocenters. The molecule has 1 aromatic carbocycles. The van der Waals surface area contributed by atoms with Crippen LogP contribution in [0.1, 0.15) is 25.3 Å². The second-order valence-electron chi connectivity index (χ2n) is 7.93. The lowest BCUT2D eigenvalue weighted by molar-refractivity contribution is -0.145. The minimum atomic E-state index is -1.72. The first-order valence-electron chi connectivity index (χ1n) is 10.6. The van der Waals surface area contributed by atoms with E-state index in [-0.39, 0.29) is 12.2 Å². The summed E-state index contributed by atoms with van der Waals surface area (Å²) in [5, 5.41) is 43.6. The van der Waals surface area contributed by atoms with E-state index in [4.69, 9.17) is 16.6 Å². The van der Waals surface area contributed by atoms with E-state index in [0.29, 0.717) is 5.56 Å². The Bertz CT molecular complexity index is 982. The van der Waals surface area contributed by atoms with E-state index >= 15 is 0 Å². The van der Waals surface area contributed by atoms with Crippen molar-refractivity contribution in [3.8, 4) is 5.75 Å². The normalized spacial score (nSPS) is 14.9. The summed E-state index contributed by atoms with van der Waals surface area (Å²) in [6, 6.07) is -0.906. The van der Waals surface area contributed by atoms with Crippen molar-refractivity contribution in [2.75, 3.05) is 0 Å². The number of aliphatic hydroxyl groups excluding tert-OH is 1. The first-order valence-corrected chi connectivity index (χ1v) is 10.6. The molecule has 0 aromatic heterocycles. The van der Waals surface area contributed by atoms with E-state index in [1.54, 1.807) is 0 Å². The number of aliphatic hydroxyl groups is 1. The first kappa shape index (κ1) is 29.8. The lowest BCUT2D eigenvalue weighted by Gasteiger charge is -2.25. The van der Waals surface area contributed by atoms with Crippen LogP contribution in [-0.4, -0.2) is 86.3 Å². The molecule has 11 N–H and O–H groups in total. The monoisotopic (exact) mass is 511 g/mol. The summed E-state index contributed by atoms with van der Waals surface area (Å²) in [6.07, 6.45) is -3.21. The fourth-order valence-corrected chi connectivity index (χ4v) is 2.96. The Kier molecular flexibility index (Phi) is 11.3. The molecule has 0 radical (unpaired) electrons. The molecule has 15 nitrogen and oxygen atoms in total. The fourth-order valence-electron chi connectivity index (χ4n) is 2.96. The standard InChI is InChI=1S/C21H29N5O10/c1-9(27)17(21(35)36)26-20(34)13(6-10-2-4-11(28)5-3-10)25-19(33)14(8-15(23)29)24-18(32)12(22)7-16(30)31/h2-5,9,12-14,17,27-28H,6-8,22H2,1H3,(H2,23,29)(H,24,32)(H,25,33)(H,26,34)(H,30,31)(H,35,36). The Morgan fingerprint density at radius 3 is 1.86 bits per heavy atom. The van der Waals surface area contributed by atoms with E-state index in [1.807, 2.05) is 0 Å². The molecule has 0 saturated carbocycles.